The number of pyridine rings is 2. The fourth-order valence-corrected chi connectivity index (χ4v) is 5.91. The number of nitrogens with zero attached hydrogens (tertiary/aromatic N) is 2. The molecule has 3 heterocycles. The zero-order valence-corrected chi connectivity index (χ0v) is 25.8. The van der Waals surface area contributed by atoms with Crippen molar-refractivity contribution >= 4 is 44.7 Å². The minimum atomic E-state index is -1.27. The number of carbonyl (C=O) groups is 2. The average molecular weight is 644 g/mol. The van der Waals surface area contributed by atoms with Gasteiger partial charge >= 0.3 is 0 Å². The van der Waals surface area contributed by atoms with E-state index < -0.39 is 28.9 Å². The summed E-state index contributed by atoms with van der Waals surface area (Å²) in [5, 5.41) is 8.62. The lowest BCUT2D eigenvalue weighted by Crippen LogP contribution is -2.35. The molecule has 3 aromatic heterocycles. The van der Waals surface area contributed by atoms with Gasteiger partial charge in [-0.05, 0) is 79.9 Å². The van der Waals surface area contributed by atoms with Crippen molar-refractivity contribution in [3.05, 3.63) is 96.3 Å². The molecule has 46 heavy (non-hydrogen) atoms. The van der Waals surface area contributed by atoms with E-state index in [1.807, 2.05) is 24.4 Å². The predicted molar refractivity (Wildman–Crippen MR) is 173 cm³/mol. The maximum atomic E-state index is 15.2. The van der Waals surface area contributed by atoms with Crippen LogP contribution in [0.15, 0.2) is 79.1 Å². The molecule has 2 amide bonds. The number of halogens is 2. The van der Waals surface area contributed by atoms with Crippen LogP contribution in [0.2, 0.25) is 0 Å². The van der Waals surface area contributed by atoms with Gasteiger partial charge in [0.05, 0.1) is 27.4 Å². The molecule has 6 rings (SSSR count). The Morgan fingerprint density at radius 2 is 1.65 bits per heavy atom. The fraction of sp³-hybridized carbons (Fsp3) is 0.235. The quantitative estimate of drug-likeness (QED) is 0.0983. The Balaban J connectivity index is 1.10. The summed E-state index contributed by atoms with van der Waals surface area (Å²) in [6.07, 6.45) is 5.01. The van der Waals surface area contributed by atoms with Crippen LogP contribution in [0.25, 0.3) is 20.8 Å². The highest BCUT2D eigenvalue weighted by Gasteiger charge is 2.56. The van der Waals surface area contributed by atoms with Crippen molar-refractivity contribution in [2.75, 3.05) is 37.4 Å². The van der Waals surface area contributed by atoms with E-state index in [2.05, 4.69) is 25.9 Å². The first kappa shape index (κ1) is 31.2. The molecule has 0 spiro atoms. The normalized spacial score (nSPS) is 13.4. The zero-order valence-electron chi connectivity index (χ0n) is 24.9. The molecule has 1 aliphatic rings. The smallest absolute Gasteiger partial charge is 0.240 e. The Bertz CT molecular complexity index is 1860. The number of hydrogen-bond donors (Lipinski definition) is 3. The number of benzene rings is 2. The number of ether oxygens (including phenoxy) is 2. The molecule has 2 aromatic carbocycles. The Hall–Kier alpha value is -4.78. The number of nitrogens with one attached hydrogen (secondary N) is 3. The van der Waals surface area contributed by atoms with Crippen molar-refractivity contribution < 1.29 is 27.8 Å². The summed E-state index contributed by atoms with van der Waals surface area (Å²) >= 11 is 1.45. The highest BCUT2D eigenvalue weighted by molar-refractivity contribution is 7.22. The largest absolute Gasteiger partial charge is 0.453 e. The van der Waals surface area contributed by atoms with Crippen molar-refractivity contribution in [1.82, 2.24) is 15.3 Å². The van der Waals surface area contributed by atoms with Gasteiger partial charge in [0.1, 0.15) is 17.0 Å². The Morgan fingerprint density at radius 1 is 0.891 bits per heavy atom. The summed E-state index contributed by atoms with van der Waals surface area (Å²) in [4.78, 5) is 35.9. The van der Waals surface area contributed by atoms with E-state index in [-0.39, 0.29) is 11.4 Å². The molecule has 0 atom stereocenters. The molecule has 0 unspecified atom stereocenters. The van der Waals surface area contributed by atoms with Gasteiger partial charge in [0.15, 0.2) is 11.6 Å². The number of methoxy groups -OCH3 is 1. The third-order valence-corrected chi connectivity index (χ3v) is 8.82. The first-order valence-corrected chi connectivity index (χ1v) is 15.6. The molecule has 3 N–H and O–H groups in total. The van der Waals surface area contributed by atoms with Gasteiger partial charge in [0, 0.05) is 49.6 Å². The van der Waals surface area contributed by atoms with Crippen molar-refractivity contribution in [3.63, 3.8) is 0 Å². The predicted octanol–water partition coefficient (Wildman–Crippen LogP) is 6.56. The minimum absolute atomic E-state index is 0.0303. The first-order valence-electron chi connectivity index (χ1n) is 14.7. The van der Waals surface area contributed by atoms with Crippen LogP contribution < -0.4 is 20.7 Å². The molecule has 0 saturated heterocycles. The highest BCUT2D eigenvalue weighted by atomic mass is 32.1. The third-order valence-electron chi connectivity index (χ3n) is 7.66. The molecular weight excluding hydrogens is 612 g/mol. The molecule has 9 nitrogen and oxygen atoms in total. The number of fused-ring (bicyclic) bond motifs is 1. The second-order valence-corrected chi connectivity index (χ2v) is 12.0. The lowest BCUT2D eigenvalue weighted by molar-refractivity contribution is -0.131. The summed E-state index contributed by atoms with van der Waals surface area (Å²) in [5.74, 6) is -1.75. The molecule has 5 aromatic rings. The molecule has 12 heteroatoms. The Morgan fingerprint density at radius 3 is 2.35 bits per heavy atom. The van der Waals surface area contributed by atoms with Crippen LogP contribution in [-0.2, 0) is 20.7 Å². The molecular formula is C34H31F2N5O4S. The highest BCUT2D eigenvalue weighted by Crippen LogP contribution is 2.48. The van der Waals surface area contributed by atoms with Gasteiger partial charge < -0.3 is 25.4 Å². The van der Waals surface area contributed by atoms with Gasteiger partial charge in [-0.1, -0.05) is 6.07 Å². The topological polar surface area (TPSA) is 114 Å². The molecule has 1 fully saturated rings. The lowest BCUT2D eigenvalue weighted by Gasteiger charge is -2.16. The van der Waals surface area contributed by atoms with E-state index in [1.54, 1.807) is 19.4 Å². The summed E-state index contributed by atoms with van der Waals surface area (Å²) in [6.45, 7) is 2.30. The number of thiophene rings is 1. The summed E-state index contributed by atoms with van der Waals surface area (Å²) < 4.78 is 40.2. The van der Waals surface area contributed by atoms with Crippen LogP contribution >= 0.6 is 11.3 Å². The number of carbonyl (C=O) groups excluding carboxylic acids is 2. The molecule has 1 aliphatic carbocycles. The maximum absolute atomic E-state index is 15.2. The summed E-state index contributed by atoms with van der Waals surface area (Å²) in [7, 11) is 1.68. The third kappa shape index (κ3) is 7.04. The van der Waals surface area contributed by atoms with E-state index in [9.17, 15) is 14.0 Å². The van der Waals surface area contributed by atoms with Crippen LogP contribution in [0.5, 0.6) is 11.5 Å². The number of hydrogen-bond acceptors (Lipinski definition) is 8. The number of amides is 2. The summed E-state index contributed by atoms with van der Waals surface area (Å²) in [6, 6.07) is 17.0. The van der Waals surface area contributed by atoms with Crippen molar-refractivity contribution in [2.45, 2.75) is 19.3 Å². The maximum Gasteiger partial charge on any atom is 0.240 e. The van der Waals surface area contributed by atoms with Crippen molar-refractivity contribution in [3.8, 4) is 22.1 Å². The zero-order chi connectivity index (χ0) is 32.1. The Kier molecular flexibility index (Phi) is 9.29. The van der Waals surface area contributed by atoms with Gasteiger partial charge in [0.2, 0.25) is 11.8 Å². The van der Waals surface area contributed by atoms with Gasteiger partial charge in [-0.2, -0.15) is 0 Å². The van der Waals surface area contributed by atoms with Gasteiger partial charge in [-0.25, -0.2) is 8.78 Å². The standard InChI is InChI=1S/C34H31F2N5O4S/c1-44-17-16-37-14-10-21-2-8-26(39-20-21)30-19-27-31(46-30)29(11-15-38-27)45-28-9-7-24(18-25(28)36)41-33(43)34(12-13-34)32(42)40-23-5-3-22(35)4-6-23/h2-9,11,15,18-20,37H,10,12-14,16-17H2,1H3,(H,40,42)(H,41,43). The van der Waals surface area contributed by atoms with Crippen LogP contribution in [0.4, 0.5) is 20.2 Å². The molecule has 236 valence electrons. The van der Waals surface area contributed by atoms with E-state index >= 15 is 4.39 Å². The van der Waals surface area contributed by atoms with Gasteiger partial charge in [-0.15, -0.1) is 11.3 Å². The van der Waals surface area contributed by atoms with Gasteiger partial charge in [0.25, 0.3) is 0 Å². The van der Waals surface area contributed by atoms with Crippen molar-refractivity contribution in [2.24, 2.45) is 5.41 Å². The monoisotopic (exact) mass is 643 g/mol. The average Bonchev–Trinajstić information content (AvgIpc) is 3.76. The van der Waals surface area contributed by atoms with Crippen LogP contribution in [0, 0.1) is 17.0 Å². The van der Waals surface area contributed by atoms with Crippen LogP contribution in [0.1, 0.15) is 18.4 Å². The molecule has 0 aliphatic heterocycles. The van der Waals surface area contributed by atoms with Gasteiger partial charge in [-0.3, -0.25) is 19.6 Å². The fourth-order valence-electron chi connectivity index (χ4n) is 4.87. The minimum Gasteiger partial charge on any atom is -0.453 e. The van der Waals surface area contributed by atoms with E-state index in [4.69, 9.17) is 9.47 Å². The molecule has 0 radical (unpaired) electrons. The second kappa shape index (κ2) is 13.7. The summed E-state index contributed by atoms with van der Waals surface area (Å²) in [5.41, 5.74) is 1.92. The second-order valence-electron chi connectivity index (χ2n) is 10.9. The van der Waals surface area contributed by atoms with Crippen molar-refractivity contribution in [1.29, 1.82) is 0 Å². The number of anilines is 2. The molecule has 0 bridgehead atoms. The number of aromatic nitrogens is 2. The van der Waals surface area contributed by atoms with Crippen LogP contribution in [-0.4, -0.2) is 48.6 Å². The lowest BCUT2D eigenvalue weighted by atomic mass is 10.0. The molecule has 1 saturated carbocycles. The van der Waals surface area contributed by atoms with Crippen LogP contribution in [0.3, 0.4) is 0 Å². The van der Waals surface area contributed by atoms with E-state index in [1.165, 1.54) is 47.7 Å². The Labute approximate surface area is 268 Å². The number of rotatable bonds is 13. The first-order chi connectivity index (χ1) is 22.3. The van der Waals surface area contributed by atoms with E-state index in [0.717, 1.165) is 46.4 Å². The SMILES string of the molecule is COCCNCCc1ccc(-c2cc3nccc(Oc4ccc(NC(=O)C5(C(=O)Nc6ccc(F)cc6)CC5)cc4F)c3s2)nc1. The van der Waals surface area contributed by atoms with E-state index in [0.29, 0.717) is 36.4 Å².